The summed E-state index contributed by atoms with van der Waals surface area (Å²) in [5.74, 6) is -2.00. The quantitative estimate of drug-likeness (QED) is 0.460. The summed E-state index contributed by atoms with van der Waals surface area (Å²) in [6.07, 6.45) is -1.39. The highest BCUT2D eigenvalue weighted by atomic mass is 19.4. The van der Waals surface area contributed by atoms with Crippen LogP contribution in [-0.2, 0) is 9.59 Å². The summed E-state index contributed by atoms with van der Waals surface area (Å²) in [6, 6.07) is 3.32. The van der Waals surface area contributed by atoms with E-state index in [4.69, 9.17) is 25.1 Å². The smallest absolute Gasteiger partial charge is 0.490 e. The first-order chi connectivity index (χ1) is 13.6. The van der Waals surface area contributed by atoms with Crippen LogP contribution in [0.15, 0.2) is 24.8 Å². The Kier molecular flexibility index (Phi) is 9.26. The molecule has 8 nitrogen and oxygen atoms in total. The van der Waals surface area contributed by atoms with Crippen LogP contribution >= 0.6 is 0 Å². The van der Waals surface area contributed by atoms with Crippen LogP contribution in [0.25, 0.3) is 0 Å². The first kappa shape index (κ1) is 24.1. The highest BCUT2D eigenvalue weighted by molar-refractivity contribution is 6.00. The molecule has 1 aromatic carbocycles. The number of carboxylic acids is 1. The van der Waals surface area contributed by atoms with E-state index < -0.39 is 12.1 Å². The molecule has 1 aliphatic heterocycles. The number of halogens is 3. The third-order valence-corrected chi connectivity index (χ3v) is 3.88. The Balaban J connectivity index is 0.000000516. The highest BCUT2D eigenvalue weighted by Crippen LogP contribution is 2.34. The number of methoxy groups -OCH3 is 1. The first-order valence-electron chi connectivity index (χ1n) is 8.64. The van der Waals surface area contributed by atoms with Crippen LogP contribution in [0, 0.1) is 0 Å². The van der Waals surface area contributed by atoms with Gasteiger partial charge < -0.3 is 25.6 Å². The molecule has 0 bridgehead atoms. The van der Waals surface area contributed by atoms with Crippen molar-refractivity contribution in [2.24, 2.45) is 0 Å². The number of rotatable bonds is 7. The maximum absolute atomic E-state index is 11.5. The van der Waals surface area contributed by atoms with Crippen LogP contribution in [0.3, 0.4) is 0 Å². The van der Waals surface area contributed by atoms with Gasteiger partial charge in [0.15, 0.2) is 0 Å². The summed E-state index contributed by atoms with van der Waals surface area (Å²) in [6.45, 7) is 7.09. The normalized spacial score (nSPS) is 13.8. The second kappa shape index (κ2) is 11.1. The van der Waals surface area contributed by atoms with E-state index in [0.29, 0.717) is 29.5 Å². The molecule has 4 N–H and O–H groups in total. The van der Waals surface area contributed by atoms with E-state index >= 15 is 0 Å². The minimum Gasteiger partial charge on any atom is -0.494 e. The molecule has 1 saturated heterocycles. The molecule has 0 radical (unpaired) electrons. The number of ether oxygens (including phenoxy) is 2. The average Bonchev–Trinajstić information content (AvgIpc) is 3.16. The number of nitrogens with zero attached hydrogens (tertiary/aromatic N) is 1. The van der Waals surface area contributed by atoms with E-state index in [2.05, 4.69) is 16.8 Å². The van der Waals surface area contributed by atoms with Crippen LogP contribution in [-0.4, -0.2) is 61.4 Å². The van der Waals surface area contributed by atoms with Gasteiger partial charge in [-0.1, -0.05) is 6.58 Å². The Morgan fingerprint density at radius 3 is 2.38 bits per heavy atom. The average molecular weight is 419 g/mol. The van der Waals surface area contributed by atoms with Crippen molar-refractivity contribution < 1.29 is 37.3 Å². The van der Waals surface area contributed by atoms with E-state index in [1.165, 1.54) is 18.9 Å². The van der Waals surface area contributed by atoms with Gasteiger partial charge in [0.1, 0.15) is 18.1 Å². The summed E-state index contributed by atoms with van der Waals surface area (Å²) in [7, 11) is 1.54. The molecule has 0 spiro atoms. The van der Waals surface area contributed by atoms with Gasteiger partial charge in [-0.15, -0.1) is 0 Å². The molecular weight excluding hydrogens is 395 g/mol. The Morgan fingerprint density at radius 2 is 1.90 bits per heavy atom. The number of carboxylic acid groups (broad SMARTS) is 1. The fraction of sp³-hybridized carbons (Fsp3) is 0.444. The van der Waals surface area contributed by atoms with E-state index in [-0.39, 0.29) is 5.91 Å². The number of carbonyl (C=O) groups excluding carboxylic acids is 1. The van der Waals surface area contributed by atoms with Gasteiger partial charge in [-0.2, -0.15) is 13.2 Å². The lowest BCUT2D eigenvalue weighted by Crippen LogP contribution is -2.25. The Morgan fingerprint density at radius 1 is 1.31 bits per heavy atom. The number of nitrogens with two attached hydrogens (primary N) is 1. The molecule has 0 aliphatic carbocycles. The second-order valence-electron chi connectivity index (χ2n) is 5.98. The monoisotopic (exact) mass is 419 g/mol. The zero-order valence-corrected chi connectivity index (χ0v) is 15.9. The molecule has 162 valence electrons. The van der Waals surface area contributed by atoms with Gasteiger partial charge in [0.2, 0.25) is 5.91 Å². The van der Waals surface area contributed by atoms with Gasteiger partial charge in [-0.25, -0.2) is 4.79 Å². The number of carbonyl (C=O) groups is 2. The van der Waals surface area contributed by atoms with Gasteiger partial charge in [0, 0.05) is 12.6 Å². The summed E-state index contributed by atoms with van der Waals surface area (Å²) < 4.78 is 42.8. The number of likely N-dealkylation sites (tertiary alicyclic amines) is 1. The zero-order chi connectivity index (χ0) is 22.0. The maximum atomic E-state index is 11.5. The number of nitrogen functional groups attached to an aromatic ring is 1. The molecule has 1 aromatic rings. The van der Waals surface area contributed by atoms with Gasteiger partial charge in [0.05, 0.1) is 18.5 Å². The number of hydrogen-bond donors (Lipinski definition) is 3. The number of anilines is 2. The second-order valence-corrected chi connectivity index (χ2v) is 5.98. The topological polar surface area (TPSA) is 114 Å². The Bertz CT molecular complexity index is 719. The summed E-state index contributed by atoms with van der Waals surface area (Å²) >= 11 is 0. The number of benzene rings is 1. The van der Waals surface area contributed by atoms with Crippen molar-refractivity contribution in [3.05, 3.63) is 24.8 Å². The molecule has 0 saturated carbocycles. The van der Waals surface area contributed by atoms with Crippen LogP contribution < -0.4 is 20.5 Å². The fourth-order valence-electron chi connectivity index (χ4n) is 2.45. The number of amides is 1. The summed E-state index contributed by atoms with van der Waals surface area (Å²) in [5.41, 5.74) is 6.84. The molecule has 2 rings (SSSR count). The van der Waals surface area contributed by atoms with Crippen molar-refractivity contribution in [2.45, 2.75) is 19.0 Å². The summed E-state index contributed by atoms with van der Waals surface area (Å²) in [5, 5.41) is 9.82. The summed E-state index contributed by atoms with van der Waals surface area (Å²) in [4.78, 5) is 22.8. The van der Waals surface area contributed by atoms with Gasteiger partial charge in [-0.3, -0.25) is 9.69 Å². The van der Waals surface area contributed by atoms with Crippen LogP contribution in [0.4, 0.5) is 24.5 Å². The molecule has 1 heterocycles. The standard InChI is InChI=1S/C16H23N3O3.C2HF3O2/c1-3-16(20)18-13-10-12(17)14(21-2)11-15(13)22-9-8-19-6-4-5-7-19;3-2(4,5)1(6)7/h3,10-11H,1,4-9,17H2,2H3,(H,18,20);(H,6,7). The predicted octanol–water partition coefficient (Wildman–Crippen LogP) is 2.51. The number of nitrogens with one attached hydrogen (secondary N) is 1. The van der Waals surface area contributed by atoms with E-state index in [0.717, 1.165) is 19.6 Å². The third-order valence-electron chi connectivity index (χ3n) is 3.88. The SMILES string of the molecule is C=CC(=O)Nc1cc(N)c(OC)cc1OCCN1CCCC1.O=C(O)C(F)(F)F. The van der Waals surface area contributed by atoms with Crippen molar-refractivity contribution in [2.75, 3.05) is 44.4 Å². The molecule has 0 atom stereocenters. The maximum Gasteiger partial charge on any atom is 0.490 e. The van der Waals surface area contributed by atoms with Gasteiger partial charge >= 0.3 is 12.1 Å². The van der Waals surface area contributed by atoms with Crippen LogP contribution in [0.2, 0.25) is 0 Å². The van der Waals surface area contributed by atoms with Crippen molar-refractivity contribution in [3.63, 3.8) is 0 Å². The lowest BCUT2D eigenvalue weighted by molar-refractivity contribution is -0.192. The van der Waals surface area contributed by atoms with Crippen LogP contribution in [0.1, 0.15) is 12.8 Å². The largest absolute Gasteiger partial charge is 0.494 e. The molecule has 1 fully saturated rings. The number of aliphatic carboxylic acids is 1. The minimum atomic E-state index is -5.08. The molecule has 0 aromatic heterocycles. The Hall–Kier alpha value is -2.95. The van der Waals surface area contributed by atoms with E-state index in [9.17, 15) is 18.0 Å². The molecule has 11 heteroatoms. The molecule has 1 aliphatic rings. The lowest BCUT2D eigenvalue weighted by Gasteiger charge is -2.18. The molecule has 29 heavy (non-hydrogen) atoms. The molecular formula is C18H24F3N3O5. The highest BCUT2D eigenvalue weighted by Gasteiger charge is 2.38. The number of hydrogen-bond acceptors (Lipinski definition) is 6. The van der Waals surface area contributed by atoms with Crippen LogP contribution in [0.5, 0.6) is 11.5 Å². The third kappa shape index (κ3) is 8.30. The van der Waals surface area contributed by atoms with Gasteiger partial charge in [0.25, 0.3) is 0 Å². The lowest BCUT2D eigenvalue weighted by atomic mass is 10.2. The van der Waals surface area contributed by atoms with Gasteiger partial charge in [-0.05, 0) is 38.1 Å². The Labute approximate surface area is 166 Å². The van der Waals surface area contributed by atoms with E-state index in [1.807, 2.05) is 0 Å². The molecule has 0 unspecified atom stereocenters. The zero-order valence-electron chi connectivity index (χ0n) is 15.9. The first-order valence-corrected chi connectivity index (χ1v) is 8.64. The number of alkyl halides is 3. The minimum absolute atomic E-state index is 0.311. The van der Waals surface area contributed by atoms with Crippen molar-refractivity contribution in [1.29, 1.82) is 0 Å². The van der Waals surface area contributed by atoms with Crippen molar-refractivity contribution in [1.82, 2.24) is 4.90 Å². The fourth-order valence-corrected chi connectivity index (χ4v) is 2.45. The van der Waals surface area contributed by atoms with E-state index in [1.54, 1.807) is 19.2 Å². The van der Waals surface area contributed by atoms with Crippen molar-refractivity contribution >= 4 is 23.3 Å². The molecule has 1 amide bonds. The predicted molar refractivity (Wildman–Crippen MR) is 101 cm³/mol. The van der Waals surface area contributed by atoms with Crippen molar-refractivity contribution in [3.8, 4) is 11.5 Å².